The van der Waals surface area contributed by atoms with Gasteiger partial charge >= 0.3 is 0 Å². The van der Waals surface area contributed by atoms with E-state index in [1.807, 2.05) is 32.0 Å². The smallest absolute Gasteiger partial charge is 0.269 e. The summed E-state index contributed by atoms with van der Waals surface area (Å²) in [7, 11) is 5.33. The average molecular weight is 443 g/mol. The third-order valence-electron chi connectivity index (χ3n) is 5.75. The molecule has 174 valence electrons. The van der Waals surface area contributed by atoms with Gasteiger partial charge in [-0.1, -0.05) is 26.0 Å². The molecule has 2 rings (SSSR count). The minimum absolute atomic E-state index is 0.0667. The number of methoxy groups -OCH3 is 2. The van der Waals surface area contributed by atoms with Gasteiger partial charge in [0, 0.05) is 24.6 Å². The Morgan fingerprint density at radius 3 is 2.34 bits per heavy atom. The molecule has 0 saturated heterocycles. The molecule has 1 unspecified atom stereocenters. The fourth-order valence-electron chi connectivity index (χ4n) is 3.86. The highest BCUT2D eigenvalue weighted by atomic mass is 16.6. The van der Waals surface area contributed by atoms with Crippen molar-refractivity contribution in [2.45, 2.75) is 44.9 Å². The van der Waals surface area contributed by atoms with Gasteiger partial charge in [-0.3, -0.25) is 10.1 Å². The van der Waals surface area contributed by atoms with Crippen molar-refractivity contribution in [1.29, 1.82) is 0 Å². The van der Waals surface area contributed by atoms with Crippen molar-refractivity contribution < 1.29 is 19.2 Å². The lowest BCUT2D eigenvalue weighted by Gasteiger charge is -2.20. The molecule has 2 aromatic rings. The van der Waals surface area contributed by atoms with Crippen LogP contribution in [0.4, 0.5) is 5.69 Å². The van der Waals surface area contributed by atoms with Crippen LogP contribution in [0.3, 0.4) is 0 Å². The van der Waals surface area contributed by atoms with Gasteiger partial charge in [0.15, 0.2) is 11.5 Å². The Bertz CT molecular complexity index is 913. The van der Waals surface area contributed by atoms with Crippen molar-refractivity contribution >= 4 is 12.0 Å². The van der Waals surface area contributed by atoms with Crippen molar-refractivity contribution in [3.05, 3.63) is 63.2 Å². The van der Waals surface area contributed by atoms with Crippen LogP contribution in [0.2, 0.25) is 0 Å². The Kier molecular flexibility index (Phi) is 9.65. The molecular formula is C25H34N2O5. The summed E-state index contributed by atoms with van der Waals surface area (Å²) in [6, 6.07) is 10.8. The second-order valence-corrected chi connectivity index (χ2v) is 8.35. The first-order valence-electron chi connectivity index (χ1n) is 10.9. The van der Waals surface area contributed by atoms with Crippen LogP contribution in [0, 0.1) is 10.1 Å². The molecule has 2 aromatic carbocycles. The van der Waals surface area contributed by atoms with E-state index in [9.17, 15) is 14.9 Å². The summed E-state index contributed by atoms with van der Waals surface area (Å²) < 4.78 is 10.7. The highest BCUT2D eigenvalue weighted by Crippen LogP contribution is 2.31. The van der Waals surface area contributed by atoms with E-state index in [4.69, 9.17) is 9.47 Å². The lowest BCUT2D eigenvalue weighted by Crippen LogP contribution is -2.23. The number of carbonyl (C=O) groups is 1. The minimum Gasteiger partial charge on any atom is -0.493 e. The zero-order valence-electron chi connectivity index (χ0n) is 19.7. The number of hydrogen-bond donors (Lipinski definition) is 0. The number of hydrogen-bond acceptors (Lipinski definition) is 6. The van der Waals surface area contributed by atoms with Gasteiger partial charge in [-0.05, 0) is 67.6 Å². The standard InChI is InChI=1S/C25H34N2O5/c1-18(2)23-16-21(27(29)30)9-10-22(23)20(17-28)7-6-13-26(3)14-12-19-8-11-24(31-4)25(15-19)32-5/h8-11,15-18,20H,6-7,12-14H2,1-5H3. The molecular weight excluding hydrogens is 408 g/mol. The zero-order valence-corrected chi connectivity index (χ0v) is 19.7. The molecule has 0 fully saturated rings. The maximum absolute atomic E-state index is 11.8. The molecule has 0 saturated carbocycles. The zero-order chi connectivity index (χ0) is 23.7. The Morgan fingerprint density at radius 2 is 1.75 bits per heavy atom. The first-order chi connectivity index (χ1) is 15.3. The molecule has 7 nitrogen and oxygen atoms in total. The van der Waals surface area contributed by atoms with Crippen LogP contribution in [-0.4, -0.2) is 50.5 Å². The van der Waals surface area contributed by atoms with E-state index >= 15 is 0 Å². The summed E-state index contributed by atoms with van der Waals surface area (Å²) in [5, 5.41) is 11.1. The molecule has 0 aliphatic rings. The Labute approximate surface area is 190 Å². The lowest BCUT2D eigenvalue weighted by atomic mass is 9.86. The van der Waals surface area contributed by atoms with Crippen LogP contribution >= 0.6 is 0 Å². The minimum atomic E-state index is -0.390. The van der Waals surface area contributed by atoms with Crippen molar-refractivity contribution in [2.75, 3.05) is 34.4 Å². The first-order valence-corrected chi connectivity index (χ1v) is 10.9. The summed E-state index contributed by atoms with van der Waals surface area (Å²) in [6.45, 7) is 5.73. The van der Waals surface area contributed by atoms with E-state index in [1.165, 1.54) is 11.6 Å². The van der Waals surface area contributed by atoms with E-state index in [2.05, 4.69) is 11.9 Å². The van der Waals surface area contributed by atoms with Crippen molar-refractivity contribution in [2.24, 2.45) is 0 Å². The van der Waals surface area contributed by atoms with Crippen LogP contribution < -0.4 is 9.47 Å². The monoisotopic (exact) mass is 442 g/mol. The molecule has 1 atom stereocenters. The number of nitro groups is 1. The number of likely N-dealkylation sites (N-methyl/N-ethyl adjacent to an activating group) is 1. The lowest BCUT2D eigenvalue weighted by molar-refractivity contribution is -0.384. The summed E-state index contributed by atoms with van der Waals surface area (Å²) in [4.78, 5) is 24.8. The number of carbonyl (C=O) groups excluding carboxylic acids is 1. The predicted molar refractivity (Wildman–Crippen MR) is 126 cm³/mol. The van der Waals surface area contributed by atoms with Crippen LogP contribution in [0.5, 0.6) is 11.5 Å². The van der Waals surface area contributed by atoms with Crippen LogP contribution in [0.25, 0.3) is 0 Å². The molecule has 0 heterocycles. The molecule has 0 aromatic heterocycles. The van der Waals surface area contributed by atoms with Gasteiger partial charge in [0.2, 0.25) is 0 Å². The molecule has 32 heavy (non-hydrogen) atoms. The summed E-state index contributed by atoms with van der Waals surface area (Å²) >= 11 is 0. The topological polar surface area (TPSA) is 81.9 Å². The number of nitro benzene ring substituents is 1. The van der Waals surface area contributed by atoms with E-state index in [0.717, 1.165) is 54.8 Å². The molecule has 0 aliphatic carbocycles. The van der Waals surface area contributed by atoms with Crippen LogP contribution in [-0.2, 0) is 11.2 Å². The largest absolute Gasteiger partial charge is 0.493 e. The van der Waals surface area contributed by atoms with Crippen molar-refractivity contribution in [1.82, 2.24) is 4.90 Å². The fraction of sp³-hybridized carbons (Fsp3) is 0.480. The fourth-order valence-corrected chi connectivity index (χ4v) is 3.86. The number of aldehydes is 1. The summed E-state index contributed by atoms with van der Waals surface area (Å²) in [5.41, 5.74) is 3.01. The molecule has 0 bridgehead atoms. The predicted octanol–water partition coefficient (Wildman–Crippen LogP) is 4.97. The number of ether oxygens (including phenoxy) is 2. The maximum atomic E-state index is 11.8. The highest BCUT2D eigenvalue weighted by molar-refractivity contribution is 5.64. The van der Waals surface area contributed by atoms with Gasteiger partial charge in [0.1, 0.15) is 6.29 Å². The second kappa shape index (κ2) is 12.2. The Morgan fingerprint density at radius 1 is 1.03 bits per heavy atom. The number of nitrogens with zero attached hydrogens (tertiary/aromatic N) is 2. The SMILES string of the molecule is COc1ccc(CCN(C)CCCC(C=O)c2ccc([N+](=O)[O-])cc2C(C)C)cc1OC. The van der Waals surface area contributed by atoms with Gasteiger partial charge in [-0.25, -0.2) is 0 Å². The van der Waals surface area contributed by atoms with Gasteiger partial charge < -0.3 is 19.2 Å². The molecule has 0 aliphatic heterocycles. The normalized spacial score (nSPS) is 12.1. The molecule has 0 N–H and O–H groups in total. The van der Waals surface area contributed by atoms with Crippen LogP contribution in [0.1, 0.15) is 55.2 Å². The highest BCUT2D eigenvalue weighted by Gasteiger charge is 2.20. The van der Waals surface area contributed by atoms with E-state index < -0.39 is 0 Å². The Balaban J connectivity index is 1.93. The molecule has 0 radical (unpaired) electrons. The van der Waals surface area contributed by atoms with Crippen LogP contribution in [0.15, 0.2) is 36.4 Å². The quantitative estimate of drug-likeness (QED) is 0.247. The molecule has 7 heteroatoms. The van der Waals surface area contributed by atoms with Gasteiger partial charge in [-0.15, -0.1) is 0 Å². The van der Waals surface area contributed by atoms with Gasteiger partial charge in [0.05, 0.1) is 19.1 Å². The molecule has 0 spiro atoms. The number of benzene rings is 2. The summed E-state index contributed by atoms with van der Waals surface area (Å²) in [5.74, 6) is 1.30. The average Bonchev–Trinajstić information content (AvgIpc) is 2.79. The van der Waals surface area contributed by atoms with E-state index in [1.54, 1.807) is 26.4 Å². The number of non-ortho nitro benzene ring substituents is 1. The molecule has 0 amide bonds. The first kappa shape index (κ1) is 25.3. The summed E-state index contributed by atoms with van der Waals surface area (Å²) in [6.07, 6.45) is 3.42. The van der Waals surface area contributed by atoms with Gasteiger partial charge in [-0.2, -0.15) is 0 Å². The second-order valence-electron chi connectivity index (χ2n) is 8.35. The van der Waals surface area contributed by atoms with Gasteiger partial charge in [0.25, 0.3) is 5.69 Å². The van der Waals surface area contributed by atoms with Crippen molar-refractivity contribution in [3.8, 4) is 11.5 Å². The van der Waals surface area contributed by atoms with E-state index in [-0.39, 0.29) is 22.4 Å². The third-order valence-corrected chi connectivity index (χ3v) is 5.75. The van der Waals surface area contributed by atoms with Crippen molar-refractivity contribution in [3.63, 3.8) is 0 Å². The third kappa shape index (κ3) is 6.79. The maximum Gasteiger partial charge on any atom is 0.269 e. The van der Waals surface area contributed by atoms with E-state index in [0.29, 0.717) is 6.42 Å². The Hall–Kier alpha value is -2.93. The number of rotatable bonds is 13.